The van der Waals surface area contributed by atoms with E-state index in [1.54, 1.807) is 11.0 Å². The van der Waals surface area contributed by atoms with Crippen LogP contribution in [0.25, 0.3) is 0 Å². The second-order valence-electron chi connectivity index (χ2n) is 4.02. The zero-order chi connectivity index (χ0) is 11.7. The van der Waals surface area contributed by atoms with Gasteiger partial charge in [0.05, 0.1) is 0 Å². The van der Waals surface area contributed by atoms with Gasteiger partial charge in [0.2, 0.25) is 5.91 Å². The van der Waals surface area contributed by atoms with Crippen LogP contribution in [0.4, 0.5) is 5.69 Å². The molecular formula is C12H12N4O. The van der Waals surface area contributed by atoms with E-state index in [9.17, 15) is 4.79 Å². The molecule has 0 bridgehead atoms. The summed E-state index contributed by atoms with van der Waals surface area (Å²) in [7, 11) is 0. The average Bonchev–Trinajstić information content (AvgIpc) is 2.96. The summed E-state index contributed by atoms with van der Waals surface area (Å²) in [5.74, 6) is 0.0560. The van der Waals surface area contributed by atoms with Gasteiger partial charge in [0.25, 0.3) is 0 Å². The van der Waals surface area contributed by atoms with E-state index in [-0.39, 0.29) is 12.5 Å². The van der Waals surface area contributed by atoms with Crippen LogP contribution in [0.5, 0.6) is 0 Å². The number of hydrogen-bond acceptors (Lipinski definition) is 3. The first-order valence-corrected chi connectivity index (χ1v) is 5.55. The summed E-state index contributed by atoms with van der Waals surface area (Å²) in [4.78, 5) is 17.8. The lowest BCUT2D eigenvalue weighted by atomic mass is 10.2. The highest BCUT2D eigenvalue weighted by molar-refractivity contribution is 5.95. The number of fused-ring (bicyclic) bond motifs is 1. The Kier molecular flexibility index (Phi) is 2.36. The van der Waals surface area contributed by atoms with E-state index >= 15 is 0 Å². The van der Waals surface area contributed by atoms with Crippen LogP contribution in [0.15, 0.2) is 36.9 Å². The molecule has 5 nitrogen and oxygen atoms in total. The van der Waals surface area contributed by atoms with E-state index in [2.05, 4.69) is 16.1 Å². The van der Waals surface area contributed by atoms with E-state index in [0.717, 1.165) is 18.7 Å². The van der Waals surface area contributed by atoms with E-state index < -0.39 is 0 Å². The predicted octanol–water partition coefficient (Wildman–Crippen LogP) is 0.867. The fourth-order valence-electron chi connectivity index (χ4n) is 2.14. The summed E-state index contributed by atoms with van der Waals surface area (Å²) in [5, 5.41) is 3.94. The third-order valence-corrected chi connectivity index (χ3v) is 2.95. The Balaban J connectivity index is 1.80. The second kappa shape index (κ2) is 4.01. The zero-order valence-corrected chi connectivity index (χ0v) is 9.28. The molecule has 2 heterocycles. The zero-order valence-electron chi connectivity index (χ0n) is 9.28. The van der Waals surface area contributed by atoms with Gasteiger partial charge >= 0.3 is 0 Å². The highest BCUT2D eigenvalue weighted by Crippen LogP contribution is 2.27. The molecule has 1 amide bonds. The van der Waals surface area contributed by atoms with Crippen LogP contribution in [0.1, 0.15) is 5.56 Å². The van der Waals surface area contributed by atoms with Gasteiger partial charge in [-0.3, -0.25) is 4.79 Å². The number of carbonyl (C=O) groups excluding carboxylic acids is 1. The van der Waals surface area contributed by atoms with Gasteiger partial charge in [-0.05, 0) is 18.1 Å². The first-order chi connectivity index (χ1) is 8.34. The molecule has 0 radical (unpaired) electrons. The molecule has 1 aliphatic rings. The largest absolute Gasteiger partial charge is 0.310 e. The van der Waals surface area contributed by atoms with Gasteiger partial charge in [-0.1, -0.05) is 18.2 Å². The molecule has 1 aromatic carbocycles. The topological polar surface area (TPSA) is 51.0 Å². The van der Waals surface area contributed by atoms with E-state index in [1.165, 1.54) is 11.9 Å². The molecule has 1 aliphatic heterocycles. The molecular weight excluding hydrogens is 216 g/mol. The molecule has 1 aromatic heterocycles. The van der Waals surface area contributed by atoms with Crippen molar-refractivity contribution >= 4 is 11.6 Å². The summed E-state index contributed by atoms with van der Waals surface area (Å²) in [5.41, 5.74) is 2.26. The highest BCUT2D eigenvalue weighted by Gasteiger charge is 2.24. The second-order valence-corrected chi connectivity index (χ2v) is 4.02. The van der Waals surface area contributed by atoms with Crippen LogP contribution in [-0.2, 0) is 17.8 Å². The molecule has 0 atom stereocenters. The van der Waals surface area contributed by atoms with Crippen LogP contribution in [0.3, 0.4) is 0 Å². The summed E-state index contributed by atoms with van der Waals surface area (Å²) in [6.45, 7) is 1.00. The van der Waals surface area contributed by atoms with Crippen LogP contribution in [0, 0.1) is 0 Å². The van der Waals surface area contributed by atoms with Gasteiger partial charge in [-0.25, -0.2) is 9.67 Å². The Labute approximate surface area is 98.7 Å². The summed E-state index contributed by atoms with van der Waals surface area (Å²) in [6, 6.07) is 8.02. The van der Waals surface area contributed by atoms with Gasteiger partial charge in [-0.2, -0.15) is 5.10 Å². The number of benzene rings is 1. The predicted molar refractivity (Wildman–Crippen MR) is 62.5 cm³/mol. The lowest BCUT2D eigenvalue weighted by Gasteiger charge is -2.16. The molecule has 86 valence electrons. The van der Waals surface area contributed by atoms with Crippen LogP contribution in [0.2, 0.25) is 0 Å². The van der Waals surface area contributed by atoms with Gasteiger partial charge < -0.3 is 4.90 Å². The minimum Gasteiger partial charge on any atom is -0.310 e. The van der Waals surface area contributed by atoms with E-state index in [4.69, 9.17) is 0 Å². The monoisotopic (exact) mass is 228 g/mol. The average molecular weight is 228 g/mol. The fourth-order valence-corrected chi connectivity index (χ4v) is 2.14. The van der Waals surface area contributed by atoms with Crippen molar-refractivity contribution in [3.63, 3.8) is 0 Å². The third-order valence-electron chi connectivity index (χ3n) is 2.95. The summed E-state index contributed by atoms with van der Waals surface area (Å²) >= 11 is 0. The van der Waals surface area contributed by atoms with Crippen molar-refractivity contribution < 1.29 is 4.79 Å². The van der Waals surface area contributed by atoms with E-state index in [1.807, 2.05) is 23.1 Å². The normalized spacial score (nSPS) is 13.8. The highest BCUT2D eigenvalue weighted by atomic mass is 16.2. The Morgan fingerprint density at radius 3 is 3.06 bits per heavy atom. The quantitative estimate of drug-likeness (QED) is 0.766. The number of anilines is 1. The minimum absolute atomic E-state index is 0.0560. The van der Waals surface area contributed by atoms with Crippen LogP contribution in [-0.4, -0.2) is 27.2 Å². The molecule has 0 saturated carbocycles. The van der Waals surface area contributed by atoms with Crippen LogP contribution >= 0.6 is 0 Å². The number of para-hydroxylation sites is 1. The van der Waals surface area contributed by atoms with Crippen molar-refractivity contribution in [1.29, 1.82) is 0 Å². The summed E-state index contributed by atoms with van der Waals surface area (Å²) < 4.78 is 1.54. The molecule has 0 unspecified atom stereocenters. The number of nitrogens with zero attached hydrogens (tertiary/aromatic N) is 4. The molecule has 0 N–H and O–H groups in total. The molecule has 0 fully saturated rings. The minimum atomic E-state index is 0.0560. The Morgan fingerprint density at radius 2 is 2.24 bits per heavy atom. The maximum atomic E-state index is 12.1. The molecule has 5 heteroatoms. The smallest absolute Gasteiger partial charge is 0.248 e. The van der Waals surface area contributed by atoms with E-state index in [0.29, 0.717) is 0 Å². The first kappa shape index (κ1) is 10.0. The van der Waals surface area contributed by atoms with Crippen molar-refractivity contribution in [2.24, 2.45) is 0 Å². The van der Waals surface area contributed by atoms with Crippen molar-refractivity contribution in [2.75, 3.05) is 11.4 Å². The Hall–Kier alpha value is -2.17. The van der Waals surface area contributed by atoms with Crippen molar-refractivity contribution in [3.8, 4) is 0 Å². The van der Waals surface area contributed by atoms with Crippen molar-refractivity contribution in [1.82, 2.24) is 14.8 Å². The lowest BCUT2D eigenvalue weighted by molar-refractivity contribution is -0.119. The maximum Gasteiger partial charge on any atom is 0.248 e. The van der Waals surface area contributed by atoms with Gasteiger partial charge in [-0.15, -0.1) is 0 Å². The molecule has 2 aromatic rings. The molecule has 0 saturated heterocycles. The Morgan fingerprint density at radius 1 is 1.35 bits per heavy atom. The summed E-state index contributed by atoms with van der Waals surface area (Å²) in [6.07, 6.45) is 3.92. The number of aromatic nitrogens is 3. The number of hydrogen-bond donors (Lipinski definition) is 0. The van der Waals surface area contributed by atoms with Gasteiger partial charge in [0.1, 0.15) is 19.2 Å². The van der Waals surface area contributed by atoms with Crippen LogP contribution < -0.4 is 4.90 Å². The maximum absolute atomic E-state index is 12.1. The SMILES string of the molecule is O=C(Cn1cncn1)N1CCc2ccccc21. The molecule has 3 rings (SSSR count). The number of carbonyl (C=O) groups is 1. The lowest BCUT2D eigenvalue weighted by Crippen LogP contribution is -2.32. The molecule has 17 heavy (non-hydrogen) atoms. The first-order valence-electron chi connectivity index (χ1n) is 5.55. The number of amides is 1. The molecule has 0 spiro atoms. The standard InChI is InChI=1S/C12H12N4O/c17-12(7-15-9-13-8-14-15)16-6-5-10-3-1-2-4-11(10)16/h1-4,8-9H,5-7H2. The van der Waals surface area contributed by atoms with Gasteiger partial charge in [0.15, 0.2) is 0 Å². The Bertz CT molecular complexity index is 535. The third kappa shape index (κ3) is 1.80. The van der Waals surface area contributed by atoms with Crippen molar-refractivity contribution in [2.45, 2.75) is 13.0 Å². The fraction of sp³-hybridized carbons (Fsp3) is 0.250. The number of rotatable bonds is 2. The van der Waals surface area contributed by atoms with Crippen molar-refractivity contribution in [3.05, 3.63) is 42.5 Å². The van der Waals surface area contributed by atoms with Gasteiger partial charge in [0, 0.05) is 12.2 Å². The molecule has 0 aliphatic carbocycles.